The highest BCUT2D eigenvalue weighted by atomic mass is 35.5. The number of carbonyl (C=O) groups is 1. The Morgan fingerprint density at radius 2 is 2.46 bits per heavy atom. The summed E-state index contributed by atoms with van der Waals surface area (Å²) in [6, 6.07) is 3.36. The van der Waals surface area contributed by atoms with Crippen LogP contribution in [-0.4, -0.2) is 10.8 Å². The lowest BCUT2D eigenvalue weighted by Gasteiger charge is -1.99. The van der Waals surface area contributed by atoms with Gasteiger partial charge < -0.3 is 0 Å². The van der Waals surface area contributed by atoms with Gasteiger partial charge in [0.05, 0.1) is 5.02 Å². The van der Waals surface area contributed by atoms with Gasteiger partial charge in [-0.3, -0.25) is 9.78 Å². The standard InChI is InChI=1S/C10H10ClNO/c1-2-3-6-9(13)10-8(11)5-4-7-12-10/h2,4-5,7H,1,3,6H2. The van der Waals surface area contributed by atoms with Gasteiger partial charge in [0.15, 0.2) is 5.78 Å². The normalized spacial score (nSPS) is 9.62. The number of carbonyl (C=O) groups excluding carboxylic acids is 1. The van der Waals surface area contributed by atoms with Gasteiger partial charge in [-0.2, -0.15) is 0 Å². The summed E-state index contributed by atoms with van der Waals surface area (Å²) in [6.07, 6.45) is 4.34. The third kappa shape index (κ3) is 2.67. The molecule has 3 heteroatoms. The minimum Gasteiger partial charge on any atom is -0.292 e. The number of ketones is 1. The maximum atomic E-state index is 11.4. The van der Waals surface area contributed by atoms with Gasteiger partial charge in [0.25, 0.3) is 0 Å². The summed E-state index contributed by atoms with van der Waals surface area (Å²) in [6.45, 7) is 3.54. The van der Waals surface area contributed by atoms with Crippen LogP contribution in [0.3, 0.4) is 0 Å². The van der Waals surface area contributed by atoms with Gasteiger partial charge in [-0.15, -0.1) is 6.58 Å². The molecule has 1 aromatic rings. The lowest BCUT2D eigenvalue weighted by atomic mass is 10.1. The van der Waals surface area contributed by atoms with E-state index in [0.717, 1.165) is 0 Å². The summed E-state index contributed by atoms with van der Waals surface area (Å²) in [5.74, 6) is -0.0366. The first kappa shape index (κ1) is 9.93. The first-order chi connectivity index (χ1) is 6.25. The number of hydrogen-bond acceptors (Lipinski definition) is 2. The molecule has 0 radical (unpaired) electrons. The molecule has 0 aliphatic carbocycles. The minimum absolute atomic E-state index is 0.0366. The van der Waals surface area contributed by atoms with Gasteiger partial charge in [0, 0.05) is 12.6 Å². The van der Waals surface area contributed by atoms with Gasteiger partial charge in [-0.25, -0.2) is 0 Å². The third-order valence-corrected chi connectivity index (χ3v) is 1.90. The van der Waals surface area contributed by atoms with E-state index in [1.54, 1.807) is 24.4 Å². The van der Waals surface area contributed by atoms with Crippen molar-refractivity contribution in [2.24, 2.45) is 0 Å². The fraction of sp³-hybridized carbons (Fsp3) is 0.200. The first-order valence-electron chi connectivity index (χ1n) is 4.00. The second-order valence-electron chi connectivity index (χ2n) is 2.58. The number of hydrogen-bond donors (Lipinski definition) is 0. The Morgan fingerprint density at radius 1 is 1.69 bits per heavy atom. The number of halogens is 1. The summed E-state index contributed by atoms with van der Waals surface area (Å²) in [5, 5.41) is 0.413. The highest BCUT2D eigenvalue weighted by Crippen LogP contribution is 2.14. The molecule has 1 heterocycles. The van der Waals surface area contributed by atoms with Gasteiger partial charge in [-0.1, -0.05) is 17.7 Å². The monoisotopic (exact) mass is 195 g/mol. The Bertz CT molecular complexity index is 322. The molecule has 13 heavy (non-hydrogen) atoms. The molecule has 1 rings (SSSR count). The smallest absolute Gasteiger partial charge is 0.183 e. The third-order valence-electron chi connectivity index (χ3n) is 1.60. The van der Waals surface area contributed by atoms with Crippen molar-refractivity contribution in [3.8, 4) is 0 Å². The molecule has 0 amide bonds. The predicted octanol–water partition coefficient (Wildman–Crippen LogP) is 2.88. The van der Waals surface area contributed by atoms with E-state index < -0.39 is 0 Å². The summed E-state index contributed by atoms with van der Waals surface area (Å²) in [7, 11) is 0. The first-order valence-corrected chi connectivity index (χ1v) is 4.38. The van der Waals surface area contributed by atoms with Gasteiger partial charge in [-0.05, 0) is 18.6 Å². The molecule has 68 valence electrons. The molecule has 0 aliphatic heterocycles. The molecular formula is C10H10ClNO. The molecular weight excluding hydrogens is 186 g/mol. The van der Waals surface area contributed by atoms with E-state index in [4.69, 9.17) is 11.6 Å². The molecule has 0 N–H and O–H groups in total. The van der Waals surface area contributed by atoms with E-state index in [1.165, 1.54) is 0 Å². The fourth-order valence-electron chi connectivity index (χ4n) is 0.942. The largest absolute Gasteiger partial charge is 0.292 e. The molecule has 0 bridgehead atoms. The van der Waals surface area contributed by atoms with Crippen LogP contribution >= 0.6 is 11.6 Å². The Balaban J connectivity index is 2.76. The minimum atomic E-state index is -0.0366. The molecule has 0 saturated heterocycles. The quantitative estimate of drug-likeness (QED) is 0.546. The lowest BCUT2D eigenvalue weighted by Crippen LogP contribution is -2.01. The van der Waals surface area contributed by atoms with Crippen molar-refractivity contribution in [3.63, 3.8) is 0 Å². The van der Waals surface area contributed by atoms with Crippen LogP contribution in [0.4, 0.5) is 0 Å². The Hall–Kier alpha value is -1.15. The molecule has 0 fully saturated rings. The zero-order valence-corrected chi connectivity index (χ0v) is 7.92. The lowest BCUT2D eigenvalue weighted by molar-refractivity contribution is 0.0979. The molecule has 2 nitrogen and oxygen atoms in total. The number of aromatic nitrogens is 1. The van der Waals surface area contributed by atoms with Crippen LogP contribution in [0.2, 0.25) is 5.02 Å². The number of Topliss-reactive ketones (excluding diaryl/α,β-unsaturated/α-hetero) is 1. The van der Waals surface area contributed by atoms with Crippen molar-refractivity contribution in [2.45, 2.75) is 12.8 Å². The van der Waals surface area contributed by atoms with Crippen LogP contribution < -0.4 is 0 Å². The van der Waals surface area contributed by atoms with Crippen molar-refractivity contribution in [3.05, 3.63) is 41.7 Å². The fourth-order valence-corrected chi connectivity index (χ4v) is 1.17. The summed E-state index contributed by atoms with van der Waals surface area (Å²) in [4.78, 5) is 15.3. The van der Waals surface area contributed by atoms with E-state index in [2.05, 4.69) is 11.6 Å². The average Bonchev–Trinajstić information content (AvgIpc) is 2.15. The number of nitrogens with zero attached hydrogens (tertiary/aromatic N) is 1. The van der Waals surface area contributed by atoms with Crippen LogP contribution in [0.25, 0.3) is 0 Å². The van der Waals surface area contributed by atoms with Crippen LogP contribution in [0, 0.1) is 0 Å². The summed E-state index contributed by atoms with van der Waals surface area (Å²) in [5.41, 5.74) is 0.353. The summed E-state index contributed by atoms with van der Waals surface area (Å²) >= 11 is 5.79. The van der Waals surface area contributed by atoms with Gasteiger partial charge >= 0.3 is 0 Å². The van der Waals surface area contributed by atoms with E-state index in [9.17, 15) is 4.79 Å². The zero-order valence-electron chi connectivity index (χ0n) is 7.16. The Morgan fingerprint density at radius 3 is 3.08 bits per heavy atom. The molecule has 0 aromatic carbocycles. The van der Waals surface area contributed by atoms with E-state index in [0.29, 0.717) is 23.6 Å². The van der Waals surface area contributed by atoms with Crippen LogP contribution in [-0.2, 0) is 0 Å². The molecule has 0 unspecified atom stereocenters. The maximum absolute atomic E-state index is 11.4. The molecule has 0 spiro atoms. The average molecular weight is 196 g/mol. The van der Waals surface area contributed by atoms with Crippen LogP contribution in [0.1, 0.15) is 23.3 Å². The number of rotatable bonds is 4. The van der Waals surface area contributed by atoms with Gasteiger partial charge in [0.2, 0.25) is 0 Å². The molecule has 0 saturated carbocycles. The Labute approximate surface area is 82.3 Å². The van der Waals surface area contributed by atoms with Crippen molar-refractivity contribution >= 4 is 17.4 Å². The van der Waals surface area contributed by atoms with Crippen molar-refractivity contribution in [2.75, 3.05) is 0 Å². The highest BCUT2D eigenvalue weighted by Gasteiger charge is 2.09. The molecule has 0 atom stereocenters. The molecule has 0 aliphatic rings. The molecule has 1 aromatic heterocycles. The second kappa shape index (κ2) is 4.77. The number of allylic oxidation sites excluding steroid dienone is 1. The van der Waals surface area contributed by atoms with E-state index >= 15 is 0 Å². The predicted molar refractivity (Wildman–Crippen MR) is 53.0 cm³/mol. The SMILES string of the molecule is C=CCCC(=O)c1ncccc1Cl. The van der Waals surface area contributed by atoms with E-state index in [1.807, 2.05) is 0 Å². The Kier molecular flexibility index (Phi) is 3.65. The topological polar surface area (TPSA) is 30.0 Å². The van der Waals surface area contributed by atoms with E-state index in [-0.39, 0.29) is 5.78 Å². The van der Waals surface area contributed by atoms with Crippen molar-refractivity contribution in [1.29, 1.82) is 0 Å². The van der Waals surface area contributed by atoms with Crippen molar-refractivity contribution in [1.82, 2.24) is 4.98 Å². The summed E-state index contributed by atoms with van der Waals surface area (Å²) < 4.78 is 0. The zero-order chi connectivity index (χ0) is 9.68. The highest BCUT2D eigenvalue weighted by molar-refractivity contribution is 6.33. The maximum Gasteiger partial charge on any atom is 0.183 e. The van der Waals surface area contributed by atoms with Crippen molar-refractivity contribution < 1.29 is 4.79 Å². The van der Waals surface area contributed by atoms with Crippen LogP contribution in [0.5, 0.6) is 0 Å². The second-order valence-corrected chi connectivity index (χ2v) is 2.99. The van der Waals surface area contributed by atoms with Gasteiger partial charge in [0.1, 0.15) is 5.69 Å². The van der Waals surface area contributed by atoms with Crippen LogP contribution in [0.15, 0.2) is 31.0 Å². The number of pyridine rings is 1.